The molecular formula is C48H53N9O9S. The molecule has 19 heteroatoms. The number of rotatable bonds is 10. The van der Waals surface area contributed by atoms with Crippen molar-refractivity contribution in [3.05, 3.63) is 93.7 Å². The number of hydrogen-bond acceptors (Lipinski definition) is 15. The van der Waals surface area contributed by atoms with Gasteiger partial charge in [-0.05, 0) is 74.5 Å². The van der Waals surface area contributed by atoms with Crippen molar-refractivity contribution < 1.29 is 37.1 Å². The van der Waals surface area contributed by atoms with Gasteiger partial charge in [-0.3, -0.25) is 24.7 Å². The van der Waals surface area contributed by atoms with E-state index in [9.17, 15) is 14.9 Å². The third-order valence-corrected chi connectivity index (χ3v) is 17.0. The van der Waals surface area contributed by atoms with E-state index in [4.69, 9.17) is 29.7 Å². The maximum atomic E-state index is 16.0. The van der Waals surface area contributed by atoms with Crippen molar-refractivity contribution in [1.82, 2.24) is 19.8 Å². The van der Waals surface area contributed by atoms with Gasteiger partial charge in [-0.1, -0.05) is 24.3 Å². The van der Waals surface area contributed by atoms with E-state index in [0.717, 1.165) is 56.8 Å². The summed E-state index contributed by atoms with van der Waals surface area (Å²) in [6.07, 6.45) is 5.40. The van der Waals surface area contributed by atoms with Crippen molar-refractivity contribution in [1.29, 1.82) is 0 Å². The number of H-pyrrole nitrogens is 1. The van der Waals surface area contributed by atoms with E-state index < -0.39 is 38.5 Å². The van der Waals surface area contributed by atoms with Crippen molar-refractivity contribution in [2.24, 2.45) is 11.1 Å². The minimum atomic E-state index is -4.75. The Bertz CT molecular complexity index is 2930. The molecule has 0 bridgehead atoms. The van der Waals surface area contributed by atoms with Gasteiger partial charge in [0.15, 0.2) is 11.4 Å². The third kappa shape index (κ3) is 7.07. The number of pyridine rings is 1. The Morgan fingerprint density at radius 3 is 2.61 bits per heavy atom. The van der Waals surface area contributed by atoms with E-state index in [2.05, 4.69) is 56.2 Å². The maximum absolute atomic E-state index is 16.0. The fourth-order valence-corrected chi connectivity index (χ4v) is 13.7. The van der Waals surface area contributed by atoms with Gasteiger partial charge in [0.25, 0.3) is 11.6 Å². The number of nitrogens with one attached hydrogen (secondary N) is 2. The first-order chi connectivity index (χ1) is 32.4. The number of aryl methyl sites for hydroxylation is 1. The summed E-state index contributed by atoms with van der Waals surface area (Å²) < 4.78 is 56.0. The molecule has 8 heterocycles. The number of morpholine rings is 1. The number of ether oxygens (including phenoxy) is 4. The van der Waals surface area contributed by atoms with E-state index in [-0.39, 0.29) is 69.6 Å². The van der Waals surface area contributed by atoms with Crippen LogP contribution >= 0.6 is 0 Å². The number of nitro benzene ring substituents is 1. The van der Waals surface area contributed by atoms with E-state index in [1.807, 2.05) is 12.1 Å². The molecule has 18 nitrogen and oxygen atoms in total. The number of aromatic nitrogens is 2. The number of nitro groups is 1. The van der Waals surface area contributed by atoms with Gasteiger partial charge in [0.05, 0.1) is 65.3 Å². The third-order valence-electron chi connectivity index (χ3n) is 15.2. The average molecular weight is 932 g/mol. The summed E-state index contributed by atoms with van der Waals surface area (Å²) in [5, 5.41) is 17.0. The van der Waals surface area contributed by atoms with Crippen LogP contribution in [0.25, 0.3) is 11.0 Å². The van der Waals surface area contributed by atoms with Crippen molar-refractivity contribution >= 4 is 55.2 Å². The molecule has 7 aliphatic rings. The summed E-state index contributed by atoms with van der Waals surface area (Å²) in [6, 6.07) is 18.0. The molecule has 1 aliphatic carbocycles. The number of fused-ring (bicyclic) bond motifs is 4. The van der Waals surface area contributed by atoms with Crippen LogP contribution in [0, 0.1) is 22.5 Å². The van der Waals surface area contributed by atoms with Crippen LogP contribution in [0.1, 0.15) is 53.2 Å². The monoisotopic (exact) mass is 931 g/mol. The van der Waals surface area contributed by atoms with E-state index in [1.165, 1.54) is 17.2 Å². The molecule has 5 fully saturated rings. The van der Waals surface area contributed by atoms with E-state index in [1.54, 1.807) is 23.2 Å². The Morgan fingerprint density at radius 1 is 1.00 bits per heavy atom. The van der Waals surface area contributed by atoms with Gasteiger partial charge < -0.3 is 44.8 Å². The van der Waals surface area contributed by atoms with Gasteiger partial charge in [-0.15, -0.1) is 0 Å². The van der Waals surface area contributed by atoms with Crippen LogP contribution in [0.3, 0.4) is 0 Å². The molecule has 0 radical (unpaired) electrons. The predicted octanol–water partition coefficient (Wildman–Crippen LogP) is 5.32. The lowest BCUT2D eigenvalue weighted by molar-refractivity contribution is -0.384. The van der Waals surface area contributed by atoms with Crippen molar-refractivity contribution in [2.45, 2.75) is 72.7 Å². The number of likely N-dealkylation sites (tertiary alicyclic amines) is 1. The number of nitrogens with zero attached hydrogens (tertiary/aromatic N) is 6. The largest absolute Gasteiger partial charge is 0.489 e. The van der Waals surface area contributed by atoms with Gasteiger partial charge in [-0.25, -0.2) is 8.42 Å². The topological polar surface area (TPSA) is 211 Å². The second-order valence-corrected chi connectivity index (χ2v) is 21.2. The summed E-state index contributed by atoms with van der Waals surface area (Å²) in [5.74, 6) is -0.562. The number of amides is 1. The highest BCUT2D eigenvalue weighted by molar-refractivity contribution is 7.91. The number of hydrogen-bond donors (Lipinski definition) is 3. The van der Waals surface area contributed by atoms with E-state index in [0.29, 0.717) is 62.0 Å². The highest BCUT2D eigenvalue weighted by atomic mass is 32.2. The molecule has 5 aromatic rings. The quantitative estimate of drug-likeness (QED) is 0.120. The Morgan fingerprint density at radius 2 is 1.82 bits per heavy atom. The van der Waals surface area contributed by atoms with E-state index >= 15 is 8.42 Å². The van der Waals surface area contributed by atoms with Crippen molar-refractivity contribution in [2.75, 3.05) is 87.4 Å². The molecule has 0 unspecified atom stereocenters. The standard InChI is InChI=1S/C48H53N9O9S/c1-28-5-2-3-6-33(28)35-7-4-12-55(35)31-20-48(21-31)26-54(27-48)36-9-8-34(45(49)58)43(56-38-17-29-10-11-50-46(29)52-47(38)66-41-25-64-24-39(41)56)44(36)67(61,62)32-18-37(57(59)60)42-40(19-32)65-23-30(51-42)22-53-13-15-63-16-14-53/h2-3,5-6,8-11,17-19,30-31,35,39,41,51H,4,7,12-16,20-27H2,1H3,(H2,49,58)(H,50,52)/t30-,35+,39+,41+/m1/s1. The van der Waals surface area contributed by atoms with Crippen LogP contribution in [-0.2, 0) is 19.3 Å². The molecule has 6 aliphatic heterocycles. The molecule has 3 aromatic carbocycles. The van der Waals surface area contributed by atoms with Gasteiger partial charge >= 0.3 is 0 Å². The van der Waals surface area contributed by atoms with Crippen LogP contribution in [0.5, 0.6) is 11.6 Å². The Balaban J connectivity index is 0.958. The molecule has 1 saturated carbocycles. The Kier molecular flexibility index (Phi) is 10.2. The fraction of sp³-hybridized carbons (Fsp3) is 0.458. The summed E-state index contributed by atoms with van der Waals surface area (Å²) in [7, 11) is -4.75. The Hall–Kier alpha value is -5.99. The molecule has 12 rings (SSSR count). The summed E-state index contributed by atoms with van der Waals surface area (Å²) >= 11 is 0. The number of aromatic amines is 1. The molecule has 1 spiro atoms. The molecule has 4 saturated heterocycles. The van der Waals surface area contributed by atoms with Crippen LogP contribution in [-0.4, -0.2) is 136 Å². The molecule has 4 atom stereocenters. The lowest BCUT2D eigenvalue weighted by Gasteiger charge is -2.62. The molecule has 4 N–H and O–H groups in total. The number of anilines is 4. The second kappa shape index (κ2) is 16.1. The smallest absolute Gasteiger partial charge is 0.297 e. The SMILES string of the molecule is Cc1ccccc1[C@@H]1CCCN1C1CC2(C1)CN(c1ccc(C(N)=O)c(N3c4cc5cc[nH]c5nc4O[C@H]4COC[C@@H]43)c1S(=O)(=O)c1cc3c(c([N+](=O)[O-])c1)N[C@H](CN1CCOCC1)CO3)C2. The zero-order chi connectivity index (χ0) is 45.8. The fourth-order valence-electron chi connectivity index (χ4n) is 12.0. The number of carbonyl (C=O) groups excluding carboxylic acids is 1. The summed E-state index contributed by atoms with van der Waals surface area (Å²) in [4.78, 5) is 42.2. The average Bonchev–Trinajstić information content (AvgIpc) is 4.08. The second-order valence-electron chi connectivity index (χ2n) is 19.3. The number of sulfone groups is 1. The van der Waals surface area contributed by atoms with Gasteiger partial charge in [0.1, 0.15) is 28.9 Å². The highest BCUT2D eigenvalue weighted by Gasteiger charge is 2.56. The van der Waals surface area contributed by atoms with Crippen molar-refractivity contribution in [3.8, 4) is 11.6 Å². The van der Waals surface area contributed by atoms with Gasteiger partial charge in [0.2, 0.25) is 15.7 Å². The zero-order valence-electron chi connectivity index (χ0n) is 37.2. The van der Waals surface area contributed by atoms with Crippen molar-refractivity contribution in [3.63, 3.8) is 0 Å². The highest BCUT2D eigenvalue weighted by Crippen LogP contribution is 2.57. The number of nitrogens with two attached hydrogens (primary N) is 1. The van der Waals surface area contributed by atoms with Crippen LogP contribution in [0.15, 0.2) is 76.7 Å². The molecular weight excluding hydrogens is 879 g/mol. The van der Waals surface area contributed by atoms with Crippen LogP contribution in [0.4, 0.5) is 28.4 Å². The summed E-state index contributed by atoms with van der Waals surface area (Å²) in [6.45, 7) is 8.11. The van der Waals surface area contributed by atoms with Crippen LogP contribution in [0.2, 0.25) is 0 Å². The molecule has 67 heavy (non-hydrogen) atoms. The lowest BCUT2D eigenvalue weighted by atomic mass is 9.60. The maximum Gasteiger partial charge on any atom is 0.297 e. The van der Waals surface area contributed by atoms with Gasteiger partial charge in [0, 0.05) is 73.9 Å². The minimum absolute atomic E-state index is 0.0330. The number of benzene rings is 3. The first kappa shape index (κ1) is 42.4. The first-order valence-corrected chi connectivity index (χ1v) is 24.7. The molecule has 1 amide bonds. The Labute approximate surface area is 387 Å². The number of carbonyl (C=O) groups is 1. The van der Waals surface area contributed by atoms with Crippen LogP contribution < -0.4 is 30.3 Å². The lowest BCUT2D eigenvalue weighted by Crippen LogP contribution is -2.66. The molecule has 2 aromatic heterocycles. The van der Waals surface area contributed by atoms with Gasteiger partial charge in [-0.2, -0.15) is 4.98 Å². The summed E-state index contributed by atoms with van der Waals surface area (Å²) in [5.41, 5.74) is 9.94. The molecule has 350 valence electrons. The normalized spacial score (nSPS) is 24.8. The minimum Gasteiger partial charge on any atom is -0.489 e. The predicted molar refractivity (Wildman–Crippen MR) is 248 cm³/mol. The first-order valence-electron chi connectivity index (χ1n) is 23.3. The zero-order valence-corrected chi connectivity index (χ0v) is 38.0. The number of primary amides is 1.